The summed E-state index contributed by atoms with van der Waals surface area (Å²) in [7, 11) is 0. The van der Waals surface area contributed by atoms with Gasteiger partial charge in [0.1, 0.15) is 0 Å². The number of amides is 2. The number of nitrogens with one attached hydrogen (secondary N) is 2. The summed E-state index contributed by atoms with van der Waals surface area (Å²) in [4.78, 5) is 28.5. The lowest BCUT2D eigenvalue weighted by Gasteiger charge is -2.18. The van der Waals surface area contributed by atoms with Crippen molar-refractivity contribution in [3.05, 3.63) is 30.3 Å². The molecule has 0 atom stereocenters. The van der Waals surface area contributed by atoms with Gasteiger partial charge < -0.3 is 5.32 Å². The maximum absolute atomic E-state index is 11.7. The summed E-state index contributed by atoms with van der Waals surface area (Å²) >= 11 is 0. The lowest BCUT2D eigenvalue weighted by atomic mass is 10.1. The molecule has 0 bridgehead atoms. The summed E-state index contributed by atoms with van der Waals surface area (Å²) in [6.07, 6.45) is 4.47. The van der Waals surface area contributed by atoms with Gasteiger partial charge in [0.15, 0.2) is 0 Å². The fourth-order valence-electron chi connectivity index (χ4n) is 1.93. The molecule has 5 heteroatoms. The zero-order chi connectivity index (χ0) is 17.1. The SMILES string of the molecule is CC(C)(C)ONC(=O)CCCCCCC(=O)Nc1ccccc1. The average molecular weight is 320 g/mol. The summed E-state index contributed by atoms with van der Waals surface area (Å²) in [5.74, 6) is -0.0609. The summed E-state index contributed by atoms with van der Waals surface area (Å²) in [5, 5.41) is 2.86. The van der Waals surface area contributed by atoms with Gasteiger partial charge in [0.2, 0.25) is 11.8 Å². The number of benzene rings is 1. The molecule has 1 rings (SSSR count). The third-order valence-electron chi connectivity index (χ3n) is 3.09. The molecule has 0 aromatic heterocycles. The van der Waals surface area contributed by atoms with E-state index in [2.05, 4.69) is 10.8 Å². The van der Waals surface area contributed by atoms with Crippen molar-refractivity contribution in [1.82, 2.24) is 5.48 Å². The van der Waals surface area contributed by atoms with Crippen molar-refractivity contribution in [2.45, 2.75) is 64.9 Å². The van der Waals surface area contributed by atoms with Crippen LogP contribution in [0.25, 0.3) is 0 Å². The quantitative estimate of drug-likeness (QED) is 0.537. The molecule has 0 radical (unpaired) electrons. The minimum atomic E-state index is -0.373. The Morgan fingerprint density at radius 2 is 1.48 bits per heavy atom. The van der Waals surface area contributed by atoms with Gasteiger partial charge in [-0.15, -0.1) is 0 Å². The highest BCUT2D eigenvalue weighted by Gasteiger charge is 2.12. The van der Waals surface area contributed by atoms with E-state index in [0.29, 0.717) is 12.8 Å². The second-order valence-corrected chi connectivity index (χ2v) is 6.57. The third kappa shape index (κ3) is 10.5. The highest BCUT2D eigenvalue weighted by atomic mass is 16.7. The number of hydrogen-bond donors (Lipinski definition) is 2. The predicted octanol–water partition coefficient (Wildman–Crippen LogP) is 3.81. The van der Waals surface area contributed by atoms with Crippen LogP contribution in [0.3, 0.4) is 0 Å². The molecule has 0 saturated heterocycles. The van der Waals surface area contributed by atoms with Gasteiger partial charge in [-0.3, -0.25) is 14.4 Å². The van der Waals surface area contributed by atoms with Crippen molar-refractivity contribution in [3.8, 4) is 0 Å². The number of hydrogen-bond acceptors (Lipinski definition) is 3. The van der Waals surface area contributed by atoms with Crippen molar-refractivity contribution in [2.24, 2.45) is 0 Å². The molecule has 0 fully saturated rings. The number of hydroxylamine groups is 1. The van der Waals surface area contributed by atoms with Gasteiger partial charge in [0.05, 0.1) is 5.60 Å². The lowest BCUT2D eigenvalue weighted by molar-refractivity contribution is -0.145. The van der Waals surface area contributed by atoms with Gasteiger partial charge in [-0.2, -0.15) is 0 Å². The van der Waals surface area contributed by atoms with Crippen LogP contribution in [-0.4, -0.2) is 17.4 Å². The Kier molecular flexibility index (Phi) is 8.33. The molecule has 0 unspecified atom stereocenters. The first-order valence-electron chi connectivity index (χ1n) is 8.18. The molecule has 0 aliphatic rings. The Bertz CT molecular complexity index is 481. The maximum Gasteiger partial charge on any atom is 0.243 e. The molecule has 128 valence electrons. The molecule has 23 heavy (non-hydrogen) atoms. The number of carbonyl (C=O) groups is 2. The number of unbranched alkanes of at least 4 members (excludes halogenated alkanes) is 3. The fourth-order valence-corrected chi connectivity index (χ4v) is 1.93. The van der Waals surface area contributed by atoms with Crippen molar-refractivity contribution in [2.75, 3.05) is 5.32 Å². The number of carbonyl (C=O) groups excluding carboxylic acids is 2. The minimum absolute atomic E-state index is 0.0347. The van der Waals surface area contributed by atoms with Gasteiger partial charge in [0, 0.05) is 18.5 Å². The Morgan fingerprint density at radius 3 is 2.04 bits per heavy atom. The van der Waals surface area contributed by atoms with E-state index in [4.69, 9.17) is 4.84 Å². The minimum Gasteiger partial charge on any atom is -0.326 e. The second-order valence-electron chi connectivity index (χ2n) is 6.57. The normalized spacial score (nSPS) is 11.1. The van der Waals surface area contributed by atoms with E-state index < -0.39 is 0 Å². The van der Waals surface area contributed by atoms with E-state index in [1.165, 1.54) is 0 Å². The van der Waals surface area contributed by atoms with Gasteiger partial charge in [-0.1, -0.05) is 31.0 Å². The van der Waals surface area contributed by atoms with Crippen LogP contribution < -0.4 is 10.8 Å². The van der Waals surface area contributed by atoms with E-state index in [0.717, 1.165) is 31.4 Å². The predicted molar refractivity (Wildman–Crippen MR) is 91.8 cm³/mol. The van der Waals surface area contributed by atoms with Gasteiger partial charge in [-0.25, -0.2) is 5.48 Å². The molecule has 0 saturated carbocycles. The first-order valence-corrected chi connectivity index (χ1v) is 8.18. The van der Waals surface area contributed by atoms with E-state index >= 15 is 0 Å². The molecule has 1 aromatic carbocycles. The number of rotatable bonds is 9. The van der Waals surface area contributed by atoms with Gasteiger partial charge in [-0.05, 0) is 45.7 Å². The van der Waals surface area contributed by atoms with E-state index in [-0.39, 0.29) is 17.4 Å². The molecule has 0 spiro atoms. The molecule has 0 heterocycles. The van der Waals surface area contributed by atoms with E-state index in [1.807, 2.05) is 51.1 Å². The molecular weight excluding hydrogens is 292 g/mol. The molecule has 0 aliphatic heterocycles. The van der Waals surface area contributed by atoms with Crippen molar-refractivity contribution in [3.63, 3.8) is 0 Å². The van der Waals surface area contributed by atoms with Crippen LogP contribution in [0.1, 0.15) is 59.3 Å². The van der Waals surface area contributed by atoms with Crippen LogP contribution in [0.15, 0.2) is 30.3 Å². The van der Waals surface area contributed by atoms with Crippen LogP contribution in [-0.2, 0) is 14.4 Å². The topological polar surface area (TPSA) is 67.4 Å². The zero-order valence-corrected chi connectivity index (χ0v) is 14.4. The first-order chi connectivity index (χ1) is 10.9. The van der Waals surface area contributed by atoms with Crippen molar-refractivity contribution in [1.29, 1.82) is 0 Å². The zero-order valence-electron chi connectivity index (χ0n) is 14.4. The standard InChI is InChI=1S/C18H28N2O3/c1-18(2,3)23-20-17(22)14-10-5-4-9-13-16(21)19-15-11-7-6-8-12-15/h6-8,11-12H,4-5,9-10,13-14H2,1-3H3,(H,19,21)(H,20,22). The van der Waals surface area contributed by atoms with Crippen LogP contribution in [0.5, 0.6) is 0 Å². The van der Waals surface area contributed by atoms with Crippen LogP contribution in [0.2, 0.25) is 0 Å². The van der Waals surface area contributed by atoms with Gasteiger partial charge in [0.25, 0.3) is 0 Å². The van der Waals surface area contributed by atoms with Crippen molar-refractivity contribution < 1.29 is 14.4 Å². The van der Waals surface area contributed by atoms with E-state index in [1.54, 1.807) is 0 Å². The third-order valence-corrected chi connectivity index (χ3v) is 3.09. The first kappa shape index (κ1) is 19.2. The Balaban J connectivity index is 2.01. The van der Waals surface area contributed by atoms with Gasteiger partial charge >= 0.3 is 0 Å². The Labute approximate surface area is 138 Å². The highest BCUT2D eigenvalue weighted by Crippen LogP contribution is 2.09. The van der Waals surface area contributed by atoms with Crippen LogP contribution in [0, 0.1) is 0 Å². The number of anilines is 1. The molecule has 5 nitrogen and oxygen atoms in total. The fraction of sp³-hybridized carbons (Fsp3) is 0.556. The molecule has 2 N–H and O–H groups in total. The average Bonchev–Trinajstić information content (AvgIpc) is 2.49. The van der Waals surface area contributed by atoms with E-state index in [9.17, 15) is 9.59 Å². The maximum atomic E-state index is 11.7. The van der Waals surface area contributed by atoms with Crippen LogP contribution >= 0.6 is 0 Å². The number of para-hydroxylation sites is 1. The summed E-state index contributed by atoms with van der Waals surface area (Å²) in [6.45, 7) is 5.65. The van der Waals surface area contributed by atoms with Crippen LogP contribution in [0.4, 0.5) is 5.69 Å². The monoisotopic (exact) mass is 320 g/mol. The molecule has 1 aromatic rings. The smallest absolute Gasteiger partial charge is 0.243 e. The molecule has 2 amide bonds. The summed E-state index contributed by atoms with van der Waals surface area (Å²) in [5.41, 5.74) is 2.91. The Hall–Kier alpha value is -1.88. The second kappa shape index (κ2) is 10.0. The van der Waals surface area contributed by atoms with Crippen molar-refractivity contribution >= 4 is 17.5 Å². The Morgan fingerprint density at radius 1 is 0.913 bits per heavy atom. The largest absolute Gasteiger partial charge is 0.326 e. The summed E-state index contributed by atoms with van der Waals surface area (Å²) < 4.78 is 0. The lowest BCUT2D eigenvalue weighted by Crippen LogP contribution is -2.33. The molecule has 0 aliphatic carbocycles. The molecular formula is C18H28N2O3. The summed E-state index contributed by atoms with van der Waals surface area (Å²) in [6, 6.07) is 9.44. The highest BCUT2D eigenvalue weighted by molar-refractivity contribution is 5.90.